The molecule has 152 valence electrons. The molecule has 2 aromatic carbocycles. The molecule has 6 nitrogen and oxygen atoms in total. The number of aromatic nitrogens is 2. The number of nitrogens with one attached hydrogen (secondary N) is 1. The van der Waals surface area contributed by atoms with Gasteiger partial charge in [0.05, 0.1) is 35.8 Å². The Morgan fingerprint density at radius 3 is 2.41 bits per heavy atom. The van der Waals surface area contributed by atoms with Crippen molar-refractivity contribution in [2.75, 3.05) is 20.8 Å². The second-order valence-corrected chi connectivity index (χ2v) is 7.42. The first-order valence-electron chi connectivity index (χ1n) is 9.26. The molecule has 3 rings (SSSR count). The molecule has 0 spiro atoms. The van der Waals surface area contributed by atoms with E-state index in [9.17, 15) is 4.79 Å². The topological polar surface area (TPSA) is 65.4 Å². The van der Waals surface area contributed by atoms with Crippen molar-refractivity contribution < 1.29 is 14.3 Å². The number of carbonyl (C=O) groups is 1. The molecule has 0 atom stereocenters. The van der Waals surface area contributed by atoms with Gasteiger partial charge in [-0.1, -0.05) is 6.07 Å². The van der Waals surface area contributed by atoms with Gasteiger partial charge in [0.1, 0.15) is 11.5 Å². The van der Waals surface area contributed by atoms with E-state index in [0.29, 0.717) is 18.5 Å². The van der Waals surface area contributed by atoms with Crippen LogP contribution in [0.15, 0.2) is 46.9 Å². The lowest BCUT2D eigenvalue weighted by Gasteiger charge is -2.11. The summed E-state index contributed by atoms with van der Waals surface area (Å²) in [7, 11) is 3.24. The number of methoxy groups -OCH3 is 2. The lowest BCUT2D eigenvalue weighted by molar-refractivity contribution is 0.0954. The van der Waals surface area contributed by atoms with Gasteiger partial charge in [-0.3, -0.25) is 4.79 Å². The predicted octanol–water partition coefficient (Wildman–Crippen LogP) is 4.24. The lowest BCUT2D eigenvalue weighted by Crippen LogP contribution is -2.25. The largest absolute Gasteiger partial charge is 0.497 e. The van der Waals surface area contributed by atoms with E-state index in [1.54, 1.807) is 14.2 Å². The maximum absolute atomic E-state index is 12.5. The van der Waals surface area contributed by atoms with Gasteiger partial charge < -0.3 is 14.8 Å². The number of rotatable bonds is 7. The number of halogens is 1. The zero-order chi connectivity index (χ0) is 21.0. The van der Waals surface area contributed by atoms with Crippen LogP contribution < -0.4 is 14.8 Å². The minimum Gasteiger partial charge on any atom is -0.497 e. The molecule has 1 amide bonds. The van der Waals surface area contributed by atoms with Crippen LogP contribution >= 0.6 is 15.9 Å². The van der Waals surface area contributed by atoms with Crippen LogP contribution in [0.5, 0.6) is 11.5 Å². The predicted molar refractivity (Wildman–Crippen MR) is 116 cm³/mol. The Morgan fingerprint density at radius 2 is 1.83 bits per heavy atom. The highest BCUT2D eigenvalue weighted by molar-refractivity contribution is 9.10. The molecule has 1 N–H and O–H groups in total. The molecule has 7 heteroatoms. The summed E-state index contributed by atoms with van der Waals surface area (Å²) < 4.78 is 13.5. The molecular formula is C22H24BrN3O3. The molecule has 0 aliphatic carbocycles. The number of hydrogen-bond donors (Lipinski definition) is 1. The summed E-state index contributed by atoms with van der Waals surface area (Å²) in [5, 5.41) is 7.47. The van der Waals surface area contributed by atoms with Crippen molar-refractivity contribution in [2.24, 2.45) is 0 Å². The van der Waals surface area contributed by atoms with E-state index in [2.05, 4.69) is 26.3 Å². The standard InChI is InChI=1S/C22H24BrN3O3/c1-14-21(23)15(2)26(25-14)18-8-5-17(6-9-18)22(27)24-12-11-16-7-10-19(28-3)13-20(16)29-4/h5-10,13H,11-12H2,1-4H3,(H,24,27). The minimum absolute atomic E-state index is 0.112. The summed E-state index contributed by atoms with van der Waals surface area (Å²) in [6, 6.07) is 13.1. The molecule has 0 saturated carbocycles. The first-order chi connectivity index (χ1) is 13.9. The fraction of sp³-hybridized carbons (Fsp3) is 0.273. The Hall–Kier alpha value is -2.80. The summed E-state index contributed by atoms with van der Waals surface area (Å²) in [4.78, 5) is 12.5. The number of aryl methyl sites for hydroxylation is 1. The number of carbonyl (C=O) groups excluding carboxylic acids is 1. The van der Waals surface area contributed by atoms with E-state index in [4.69, 9.17) is 9.47 Å². The van der Waals surface area contributed by atoms with Gasteiger partial charge in [0.25, 0.3) is 5.91 Å². The Morgan fingerprint density at radius 1 is 1.10 bits per heavy atom. The molecule has 29 heavy (non-hydrogen) atoms. The van der Waals surface area contributed by atoms with Crippen LogP contribution in [0, 0.1) is 13.8 Å². The summed E-state index contributed by atoms with van der Waals surface area (Å²) in [6.07, 6.45) is 0.663. The first-order valence-corrected chi connectivity index (χ1v) is 10.0. The monoisotopic (exact) mass is 457 g/mol. The molecular weight excluding hydrogens is 434 g/mol. The van der Waals surface area contributed by atoms with Gasteiger partial charge in [0, 0.05) is 18.2 Å². The molecule has 0 unspecified atom stereocenters. The van der Waals surface area contributed by atoms with Crippen molar-refractivity contribution in [3.05, 3.63) is 69.5 Å². The van der Waals surface area contributed by atoms with Crippen molar-refractivity contribution in [2.45, 2.75) is 20.3 Å². The van der Waals surface area contributed by atoms with Crippen LogP contribution in [-0.2, 0) is 6.42 Å². The van der Waals surface area contributed by atoms with E-state index >= 15 is 0 Å². The summed E-state index contributed by atoms with van der Waals surface area (Å²) in [5.74, 6) is 1.38. The number of benzene rings is 2. The van der Waals surface area contributed by atoms with Crippen molar-refractivity contribution in [3.63, 3.8) is 0 Å². The molecule has 1 heterocycles. The van der Waals surface area contributed by atoms with Crippen molar-refractivity contribution >= 4 is 21.8 Å². The van der Waals surface area contributed by atoms with Gasteiger partial charge in [-0.15, -0.1) is 0 Å². The van der Waals surface area contributed by atoms with E-state index in [1.165, 1.54) is 0 Å². The first kappa shape index (κ1) is 20.9. The van der Waals surface area contributed by atoms with Gasteiger partial charge in [-0.05, 0) is 72.1 Å². The highest BCUT2D eigenvalue weighted by atomic mass is 79.9. The van der Waals surface area contributed by atoms with Crippen molar-refractivity contribution in [3.8, 4) is 17.2 Å². The normalized spacial score (nSPS) is 10.7. The third-order valence-corrected chi connectivity index (χ3v) is 5.90. The zero-order valence-electron chi connectivity index (χ0n) is 17.0. The van der Waals surface area contributed by atoms with Crippen LogP contribution in [-0.4, -0.2) is 36.5 Å². The molecule has 0 fully saturated rings. The minimum atomic E-state index is -0.112. The van der Waals surface area contributed by atoms with E-state index < -0.39 is 0 Å². The Balaban J connectivity index is 1.62. The van der Waals surface area contributed by atoms with Gasteiger partial charge in [-0.25, -0.2) is 4.68 Å². The number of hydrogen-bond acceptors (Lipinski definition) is 4. The Labute approximate surface area is 179 Å². The number of nitrogens with zero attached hydrogens (tertiary/aromatic N) is 2. The number of amides is 1. The van der Waals surface area contributed by atoms with Crippen LogP contribution in [0.2, 0.25) is 0 Å². The van der Waals surface area contributed by atoms with Crippen LogP contribution in [0.4, 0.5) is 0 Å². The van der Waals surface area contributed by atoms with Gasteiger partial charge in [0.2, 0.25) is 0 Å². The fourth-order valence-electron chi connectivity index (χ4n) is 3.10. The molecule has 3 aromatic rings. The molecule has 0 aliphatic rings. The third-order valence-electron chi connectivity index (χ3n) is 4.75. The second-order valence-electron chi connectivity index (χ2n) is 6.63. The van der Waals surface area contributed by atoms with Crippen molar-refractivity contribution in [1.82, 2.24) is 15.1 Å². The van der Waals surface area contributed by atoms with Crippen LogP contribution in [0.25, 0.3) is 5.69 Å². The smallest absolute Gasteiger partial charge is 0.251 e. The van der Waals surface area contributed by atoms with E-state index in [0.717, 1.165) is 38.6 Å². The Kier molecular flexibility index (Phi) is 6.59. The summed E-state index contributed by atoms with van der Waals surface area (Å²) in [5.41, 5.74) is 4.48. The highest BCUT2D eigenvalue weighted by Crippen LogP contribution is 2.25. The van der Waals surface area contributed by atoms with E-state index in [1.807, 2.05) is 61.0 Å². The van der Waals surface area contributed by atoms with Gasteiger partial charge >= 0.3 is 0 Å². The maximum atomic E-state index is 12.5. The highest BCUT2D eigenvalue weighted by Gasteiger charge is 2.12. The van der Waals surface area contributed by atoms with Crippen LogP contribution in [0.3, 0.4) is 0 Å². The zero-order valence-corrected chi connectivity index (χ0v) is 18.5. The quantitative estimate of drug-likeness (QED) is 0.575. The second kappa shape index (κ2) is 9.13. The molecule has 0 saturated heterocycles. The average Bonchev–Trinajstić information content (AvgIpc) is 3.01. The Bertz CT molecular complexity index is 1010. The van der Waals surface area contributed by atoms with Gasteiger partial charge in [-0.2, -0.15) is 5.10 Å². The third kappa shape index (κ3) is 4.62. The molecule has 0 aliphatic heterocycles. The SMILES string of the molecule is COc1ccc(CCNC(=O)c2ccc(-n3nc(C)c(Br)c3C)cc2)c(OC)c1. The average molecular weight is 458 g/mol. The van der Waals surface area contributed by atoms with Gasteiger partial charge in [0.15, 0.2) is 0 Å². The lowest BCUT2D eigenvalue weighted by atomic mass is 10.1. The summed E-state index contributed by atoms with van der Waals surface area (Å²) in [6.45, 7) is 4.46. The number of ether oxygens (including phenoxy) is 2. The van der Waals surface area contributed by atoms with Crippen molar-refractivity contribution in [1.29, 1.82) is 0 Å². The van der Waals surface area contributed by atoms with Crippen LogP contribution in [0.1, 0.15) is 27.3 Å². The molecule has 1 aromatic heterocycles. The van der Waals surface area contributed by atoms with E-state index in [-0.39, 0.29) is 5.91 Å². The molecule has 0 radical (unpaired) electrons. The molecule has 0 bridgehead atoms. The summed E-state index contributed by atoms with van der Waals surface area (Å²) >= 11 is 3.54. The fourth-order valence-corrected chi connectivity index (χ4v) is 3.35. The maximum Gasteiger partial charge on any atom is 0.251 e.